The maximum absolute atomic E-state index is 16.5. The van der Waals surface area contributed by atoms with Crippen LogP contribution in [0.25, 0.3) is 11.2 Å². The molecule has 0 amide bonds. The quantitative estimate of drug-likeness (QED) is 0.0307. The molecule has 0 aliphatic carbocycles. The van der Waals surface area contributed by atoms with E-state index < -0.39 is 94.3 Å². The molecule has 0 radical (unpaired) electrons. The third-order valence-electron chi connectivity index (χ3n) is 12.0. The summed E-state index contributed by atoms with van der Waals surface area (Å²) >= 11 is 0.597. The van der Waals surface area contributed by atoms with Crippen molar-refractivity contribution in [3.05, 3.63) is 105 Å². The lowest BCUT2D eigenvalue weighted by atomic mass is 10.1. The molecule has 0 spiro atoms. The van der Waals surface area contributed by atoms with E-state index in [1.54, 1.807) is 36.4 Å². The van der Waals surface area contributed by atoms with Crippen molar-refractivity contribution in [1.82, 2.24) is 29.1 Å². The van der Waals surface area contributed by atoms with Crippen LogP contribution in [0.3, 0.4) is 0 Å². The summed E-state index contributed by atoms with van der Waals surface area (Å²) in [4.78, 5) is 62.5. The molecule has 384 valence electrons. The first kappa shape index (κ1) is 52.5. The van der Waals surface area contributed by atoms with Crippen LogP contribution < -0.4 is 26.5 Å². The van der Waals surface area contributed by atoms with E-state index in [0.29, 0.717) is 39.4 Å². The number of nitrogens with one attached hydrogen (secondary N) is 1. The number of aromatic amines is 1. The highest BCUT2D eigenvalue weighted by molar-refractivity contribution is 8.54. The van der Waals surface area contributed by atoms with Crippen LogP contribution in [0.2, 0.25) is 0 Å². The zero-order valence-corrected chi connectivity index (χ0v) is 41.2. The summed E-state index contributed by atoms with van der Waals surface area (Å²) in [5.41, 5.74) is 5.06. The number of anilines is 1. The SMILES string of the molecule is CCCCCCCCCCCCOc1ccc(C(=O)Oc2ccc(CS[P@@]3(=O)OC[C@H]4O[C@@H](n5cnc6c(N)ncnc65)[C@H](F)[C@@H]4OP(=O)(O)OC[C@H]4O[C@@H](n5ccc(=O)[nH]c5=O)[C@H](F)[C@@H]4O3)cc2)cc1. The third kappa shape index (κ3) is 13.2. The van der Waals surface area contributed by atoms with E-state index in [0.717, 1.165) is 36.0 Å². The Balaban J connectivity index is 0.926. The highest BCUT2D eigenvalue weighted by Gasteiger charge is 2.55. The van der Waals surface area contributed by atoms with Crippen molar-refractivity contribution in [2.75, 3.05) is 25.6 Å². The predicted molar refractivity (Wildman–Crippen MR) is 254 cm³/mol. The number of benzene rings is 2. The number of carbonyl (C=O) groups excluding carboxylic acids is 1. The summed E-state index contributed by atoms with van der Waals surface area (Å²) in [7, 11) is -5.24. The second-order valence-electron chi connectivity index (χ2n) is 17.1. The maximum atomic E-state index is 16.5. The number of rotatable bonds is 19. The van der Waals surface area contributed by atoms with E-state index in [4.69, 9.17) is 42.8 Å². The lowest BCUT2D eigenvalue weighted by Crippen LogP contribution is -2.38. The Labute approximate surface area is 409 Å². The van der Waals surface area contributed by atoms with Gasteiger partial charge in [-0.3, -0.25) is 37.0 Å². The molecule has 8 rings (SSSR count). The minimum atomic E-state index is -5.24. The predicted octanol–water partition coefficient (Wildman–Crippen LogP) is 7.91. The van der Waals surface area contributed by atoms with Gasteiger partial charge in [-0.05, 0) is 59.8 Å². The van der Waals surface area contributed by atoms with Gasteiger partial charge >= 0.3 is 26.3 Å². The van der Waals surface area contributed by atoms with Crippen LogP contribution in [-0.2, 0) is 42.5 Å². The van der Waals surface area contributed by atoms with E-state index >= 15 is 8.78 Å². The number of imidazole rings is 1. The van der Waals surface area contributed by atoms with Gasteiger partial charge in [0.15, 0.2) is 36.3 Å². The second kappa shape index (κ2) is 23.8. The van der Waals surface area contributed by atoms with Gasteiger partial charge in [0.1, 0.15) is 47.8 Å². The number of ether oxygens (including phenoxy) is 4. The van der Waals surface area contributed by atoms with Gasteiger partial charge in [-0.15, -0.1) is 0 Å². The summed E-state index contributed by atoms with van der Waals surface area (Å²) in [5, 5.41) is 0. The Morgan fingerprint density at radius 2 is 1.44 bits per heavy atom. The molecule has 3 aliphatic rings. The number of phosphoric acid groups is 1. The van der Waals surface area contributed by atoms with Gasteiger partial charge in [-0.1, -0.05) is 76.8 Å². The number of halogens is 2. The van der Waals surface area contributed by atoms with Gasteiger partial charge in [-0.2, -0.15) is 0 Å². The number of nitrogens with zero attached hydrogens (tertiary/aromatic N) is 5. The van der Waals surface area contributed by atoms with Gasteiger partial charge in [-0.25, -0.2) is 42.5 Å². The molecule has 6 heterocycles. The maximum Gasteiger partial charge on any atom is 0.472 e. The van der Waals surface area contributed by atoms with Crippen LogP contribution in [0.15, 0.2) is 83.0 Å². The van der Waals surface area contributed by atoms with E-state index in [1.807, 2.05) is 4.98 Å². The number of fused-ring (bicyclic) bond motifs is 3. The van der Waals surface area contributed by atoms with Crippen molar-refractivity contribution in [1.29, 1.82) is 0 Å². The molecule has 3 saturated heterocycles. The Hall–Kier alpha value is -4.87. The van der Waals surface area contributed by atoms with Crippen molar-refractivity contribution >= 4 is 49.0 Å². The number of hydrogen-bond acceptors (Lipinski definition) is 18. The topological polar surface area (TPSA) is 270 Å². The smallest absolute Gasteiger partial charge is 0.472 e. The fourth-order valence-electron chi connectivity index (χ4n) is 8.24. The molecule has 2 aromatic carbocycles. The highest BCUT2D eigenvalue weighted by Crippen LogP contribution is 2.65. The summed E-state index contributed by atoms with van der Waals surface area (Å²) in [5.74, 6) is 0.0992. The van der Waals surface area contributed by atoms with Crippen LogP contribution in [0.5, 0.6) is 11.5 Å². The number of phosphoric ester groups is 1. The van der Waals surface area contributed by atoms with Crippen LogP contribution in [0.1, 0.15) is 99.5 Å². The molecule has 10 atom stereocenters. The minimum absolute atomic E-state index is 0.0137. The molecule has 3 aliphatic heterocycles. The van der Waals surface area contributed by atoms with Crippen molar-refractivity contribution in [2.24, 2.45) is 0 Å². The molecule has 21 nitrogen and oxygen atoms in total. The van der Waals surface area contributed by atoms with Gasteiger partial charge < -0.3 is 29.6 Å². The molecule has 0 bridgehead atoms. The van der Waals surface area contributed by atoms with Crippen LogP contribution in [0.4, 0.5) is 14.6 Å². The fourth-order valence-corrected chi connectivity index (χ4v) is 12.6. The third-order valence-corrected chi connectivity index (χ3v) is 16.6. The first-order valence-electron chi connectivity index (χ1n) is 23.3. The molecule has 1 unspecified atom stereocenters. The number of nitrogen functional groups attached to an aromatic ring is 1. The second-order valence-corrected chi connectivity index (χ2v) is 22.6. The highest BCUT2D eigenvalue weighted by atomic mass is 32.7. The van der Waals surface area contributed by atoms with Crippen LogP contribution in [0, 0.1) is 0 Å². The number of aromatic nitrogens is 6. The number of carbonyl (C=O) groups is 1. The lowest BCUT2D eigenvalue weighted by molar-refractivity contribution is -0.0619. The normalized spacial score (nSPS) is 27.9. The van der Waals surface area contributed by atoms with Crippen molar-refractivity contribution in [3.8, 4) is 11.5 Å². The van der Waals surface area contributed by atoms with Gasteiger partial charge in [0.2, 0.25) is 0 Å². The monoisotopic (exact) mass is 1050 g/mol. The molecule has 3 aromatic heterocycles. The Morgan fingerprint density at radius 1 is 0.817 bits per heavy atom. The zero-order valence-electron chi connectivity index (χ0n) is 38.6. The first-order valence-corrected chi connectivity index (χ1v) is 27.9. The molecular weight excluding hydrogens is 995 g/mol. The Kier molecular flexibility index (Phi) is 17.6. The summed E-state index contributed by atoms with van der Waals surface area (Å²) in [6, 6.07) is 13.8. The minimum Gasteiger partial charge on any atom is -0.494 e. The zero-order chi connectivity index (χ0) is 50.1. The average Bonchev–Trinajstić information content (AvgIpc) is 4.01. The molecular formula is C45H55F2N7O14P2S. The number of nitrogens with two attached hydrogens (primary N) is 1. The standard InChI is InChI=1S/C45H55F2N7O14P2S/c1-2-3-4-5-6-7-8-9-10-11-22-61-30-18-14-29(15-19-30)44(56)64-31-16-12-28(13-17-31)25-71-70(60)63-24-33-38(35(46)43(66-33)54-27-51-37-40(48)49-26-50-41(37)54)67-69(58,59)62-23-32-39(68-70)36(47)42(65-32)53-21-20-34(55)52-45(53)57/h12-21,26-27,32-33,35-36,38-39,42-43H,2-11,22-25H2,1H3,(H,58,59)(H2,48,49,50)(H,52,55,57)/t32-,33-,35-,36-,38-,39-,42-,43-,70+/m1/s1. The lowest BCUT2D eigenvalue weighted by Gasteiger charge is -2.29. The van der Waals surface area contributed by atoms with Gasteiger partial charge in [0.05, 0.1) is 31.7 Å². The number of H-pyrrole nitrogens is 1. The molecule has 26 heteroatoms. The van der Waals surface area contributed by atoms with Gasteiger partial charge in [0.25, 0.3) is 5.56 Å². The molecule has 4 N–H and O–H groups in total. The summed E-state index contributed by atoms with van der Waals surface area (Å²) < 4.78 is 109. The number of hydrogen-bond donors (Lipinski definition) is 3. The van der Waals surface area contributed by atoms with Gasteiger partial charge in [0, 0.05) is 18.0 Å². The van der Waals surface area contributed by atoms with E-state index in [1.165, 1.54) is 69.8 Å². The first-order chi connectivity index (χ1) is 34.2. The van der Waals surface area contributed by atoms with Crippen molar-refractivity contribution in [3.63, 3.8) is 0 Å². The van der Waals surface area contributed by atoms with Crippen LogP contribution >= 0.6 is 26.0 Å². The molecule has 0 saturated carbocycles. The van der Waals surface area contributed by atoms with E-state index in [2.05, 4.69) is 21.9 Å². The number of alkyl halides is 2. The largest absolute Gasteiger partial charge is 0.494 e. The fraction of sp³-hybridized carbons (Fsp3) is 0.511. The molecule has 3 fully saturated rings. The Morgan fingerprint density at radius 3 is 2.11 bits per heavy atom. The van der Waals surface area contributed by atoms with E-state index in [9.17, 15) is 28.4 Å². The van der Waals surface area contributed by atoms with Crippen LogP contribution in [-0.4, -0.2) is 96.5 Å². The van der Waals surface area contributed by atoms with Crippen molar-refractivity contribution < 1.29 is 64.6 Å². The number of esters is 1. The summed E-state index contributed by atoms with van der Waals surface area (Å²) in [6.45, 7) is -3.62. The molecule has 5 aromatic rings. The Bertz CT molecular complexity index is 2810. The molecule has 71 heavy (non-hydrogen) atoms. The van der Waals surface area contributed by atoms with E-state index in [-0.39, 0.29) is 28.5 Å². The van der Waals surface area contributed by atoms with Crippen molar-refractivity contribution in [2.45, 2.75) is 126 Å². The number of unbranched alkanes of at least 4 members (excludes halogenated alkanes) is 9. The average molecular weight is 1050 g/mol. The summed E-state index contributed by atoms with van der Waals surface area (Å²) in [6.07, 6.45) is 0.470.